The molecule has 3 heterocycles. The van der Waals surface area contributed by atoms with Crippen molar-refractivity contribution in [1.82, 2.24) is 8.87 Å². The predicted octanol–water partition coefficient (Wildman–Crippen LogP) is 3.84. The summed E-state index contributed by atoms with van der Waals surface area (Å²) in [6.07, 6.45) is 3.98. The molecule has 178 valence electrons. The number of anilines is 1. The fourth-order valence-corrected chi connectivity index (χ4v) is 6.19. The van der Waals surface area contributed by atoms with Crippen molar-refractivity contribution in [3.63, 3.8) is 0 Å². The largest absolute Gasteiger partial charge is 0.379 e. The number of fused-ring (bicyclic) bond motifs is 2. The molecule has 34 heavy (non-hydrogen) atoms. The Morgan fingerprint density at radius 2 is 1.82 bits per heavy atom. The van der Waals surface area contributed by atoms with Gasteiger partial charge in [0.15, 0.2) is 0 Å². The van der Waals surface area contributed by atoms with E-state index >= 15 is 0 Å². The van der Waals surface area contributed by atoms with E-state index in [0.29, 0.717) is 49.0 Å². The molecule has 7 nitrogen and oxygen atoms in total. The lowest BCUT2D eigenvalue weighted by molar-refractivity contribution is -0.112. The van der Waals surface area contributed by atoms with Gasteiger partial charge in [-0.05, 0) is 36.3 Å². The van der Waals surface area contributed by atoms with Gasteiger partial charge in [-0.15, -0.1) is 0 Å². The zero-order valence-corrected chi connectivity index (χ0v) is 20.5. The zero-order valence-electron chi connectivity index (χ0n) is 19.7. The summed E-state index contributed by atoms with van der Waals surface area (Å²) in [6.45, 7) is 6.65. The van der Waals surface area contributed by atoms with E-state index in [4.69, 9.17) is 4.74 Å². The van der Waals surface area contributed by atoms with E-state index in [1.807, 2.05) is 18.2 Å². The first-order valence-corrected chi connectivity index (χ1v) is 13.0. The smallest absolute Gasteiger partial charge is 0.258 e. The van der Waals surface area contributed by atoms with E-state index in [1.54, 1.807) is 30.1 Å². The van der Waals surface area contributed by atoms with Crippen LogP contribution in [0, 0.1) is 5.92 Å². The van der Waals surface area contributed by atoms with Crippen molar-refractivity contribution in [1.29, 1.82) is 0 Å². The van der Waals surface area contributed by atoms with Gasteiger partial charge >= 0.3 is 0 Å². The standard InChI is InChI=1S/C26H29N3O4S/c1-18(2)16-28-17-19(21-6-4-5-7-25(21)28)14-23-22-15-20(8-9-24(22)27(3)26(23)30)34(31,32)29-10-12-33-13-11-29/h4-9,14-15,17-18H,10-13,16H2,1-3H3. The highest BCUT2D eigenvalue weighted by Crippen LogP contribution is 2.39. The van der Waals surface area contributed by atoms with Crippen molar-refractivity contribution in [3.8, 4) is 0 Å². The quantitative estimate of drug-likeness (QED) is 0.522. The third kappa shape index (κ3) is 3.85. The van der Waals surface area contributed by atoms with Crippen LogP contribution in [0.25, 0.3) is 22.6 Å². The van der Waals surface area contributed by atoms with Gasteiger partial charge in [0.05, 0.1) is 23.8 Å². The molecule has 0 aliphatic carbocycles. The average molecular weight is 480 g/mol. The SMILES string of the molecule is CC(C)Cn1cc(C=C2C(=O)N(C)c3ccc(S(=O)(=O)N4CCOCC4)cc32)c2ccccc21. The summed E-state index contributed by atoms with van der Waals surface area (Å²) in [7, 11) is -1.94. The van der Waals surface area contributed by atoms with Crippen LogP contribution in [0.15, 0.2) is 53.6 Å². The highest BCUT2D eigenvalue weighted by atomic mass is 32.2. The number of likely N-dealkylation sites (N-methyl/N-ethyl adjacent to an activating group) is 1. The highest BCUT2D eigenvalue weighted by Gasteiger charge is 2.33. The first-order chi connectivity index (χ1) is 16.3. The molecule has 0 radical (unpaired) electrons. The topological polar surface area (TPSA) is 71.9 Å². The monoisotopic (exact) mass is 479 g/mol. The van der Waals surface area contributed by atoms with Gasteiger partial charge in [0.25, 0.3) is 5.91 Å². The Bertz CT molecular complexity index is 1400. The molecule has 0 saturated carbocycles. The Balaban J connectivity index is 1.61. The molecule has 0 N–H and O–H groups in total. The van der Waals surface area contributed by atoms with Gasteiger partial charge in [-0.1, -0.05) is 32.0 Å². The second-order valence-corrected chi connectivity index (χ2v) is 11.2. The van der Waals surface area contributed by atoms with Gasteiger partial charge in [0, 0.05) is 60.5 Å². The number of morpholine rings is 1. The van der Waals surface area contributed by atoms with E-state index in [9.17, 15) is 13.2 Å². The Morgan fingerprint density at radius 1 is 1.09 bits per heavy atom. The van der Waals surface area contributed by atoms with Crippen molar-refractivity contribution < 1.29 is 17.9 Å². The summed E-state index contributed by atoms with van der Waals surface area (Å²) in [5.74, 6) is 0.334. The molecule has 5 rings (SSSR count). The zero-order chi connectivity index (χ0) is 24.0. The molecule has 1 fully saturated rings. The summed E-state index contributed by atoms with van der Waals surface area (Å²) < 4.78 is 35.5. The maximum absolute atomic E-state index is 13.2. The van der Waals surface area contributed by atoms with Crippen LogP contribution in [0.1, 0.15) is 25.0 Å². The van der Waals surface area contributed by atoms with Gasteiger partial charge < -0.3 is 14.2 Å². The first kappa shape index (κ1) is 22.8. The Labute approximate surface area is 200 Å². The van der Waals surface area contributed by atoms with Crippen LogP contribution in [-0.4, -0.2) is 56.5 Å². The number of hydrogen-bond acceptors (Lipinski definition) is 4. The fourth-order valence-electron chi connectivity index (χ4n) is 4.75. The van der Waals surface area contributed by atoms with Crippen LogP contribution in [0.3, 0.4) is 0 Å². The lowest BCUT2D eigenvalue weighted by Crippen LogP contribution is -2.40. The number of amides is 1. The average Bonchev–Trinajstić information content (AvgIpc) is 3.29. The number of ether oxygens (including phenoxy) is 1. The van der Waals surface area contributed by atoms with Crippen LogP contribution in [0.2, 0.25) is 0 Å². The Kier molecular flexibility index (Phi) is 5.83. The van der Waals surface area contributed by atoms with E-state index in [2.05, 4.69) is 36.7 Å². The maximum Gasteiger partial charge on any atom is 0.258 e. The summed E-state index contributed by atoms with van der Waals surface area (Å²) in [4.78, 5) is 15.0. The number of hydrogen-bond donors (Lipinski definition) is 0. The molecule has 0 unspecified atom stereocenters. The van der Waals surface area contributed by atoms with Crippen LogP contribution in [-0.2, 0) is 26.1 Å². The van der Waals surface area contributed by atoms with E-state index in [0.717, 1.165) is 23.0 Å². The number of para-hydroxylation sites is 1. The number of aromatic nitrogens is 1. The minimum Gasteiger partial charge on any atom is -0.379 e. The van der Waals surface area contributed by atoms with Crippen molar-refractivity contribution >= 4 is 44.2 Å². The number of carbonyl (C=O) groups excluding carboxylic acids is 1. The number of carbonyl (C=O) groups is 1. The molecule has 1 aromatic heterocycles. The van der Waals surface area contributed by atoms with E-state index < -0.39 is 10.0 Å². The van der Waals surface area contributed by atoms with Crippen molar-refractivity contribution in [3.05, 3.63) is 59.8 Å². The number of sulfonamides is 1. The molecule has 2 aromatic carbocycles. The molecule has 1 amide bonds. The Hall–Kier alpha value is -2.94. The summed E-state index contributed by atoms with van der Waals surface area (Å²) in [5.41, 5.74) is 3.92. The molecular formula is C26H29N3O4S. The first-order valence-electron chi connectivity index (χ1n) is 11.6. The fraction of sp³-hybridized carbons (Fsp3) is 0.346. The van der Waals surface area contributed by atoms with Gasteiger partial charge in [-0.25, -0.2) is 8.42 Å². The summed E-state index contributed by atoms with van der Waals surface area (Å²) in [5, 5.41) is 1.07. The predicted molar refractivity (Wildman–Crippen MR) is 134 cm³/mol. The molecule has 2 aliphatic heterocycles. The van der Waals surface area contributed by atoms with Crippen LogP contribution < -0.4 is 4.90 Å². The molecule has 3 aromatic rings. The highest BCUT2D eigenvalue weighted by molar-refractivity contribution is 7.89. The molecule has 8 heteroatoms. The van der Waals surface area contributed by atoms with Crippen molar-refractivity contribution in [2.24, 2.45) is 5.92 Å². The van der Waals surface area contributed by atoms with E-state index in [-0.39, 0.29) is 10.8 Å². The molecule has 0 bridgehead atoms. The number of benzene rings is 2. The molecule has 1 saturated heterocycles. The Morgan fingerprint density at radius 3 is 2.56 bits per heavy atom. The minimum absolute atomic E-state index is 0.142. The lowest BCUT2D eigenvalue weighted by atomic mass is 10.0. The second-order valence-electron chi connectivity index (χ2n) is 9.27. The third-order valence-electron chi connectivity index (χ3n) is 6.44. The van der Waals surface area contributed by atoms with Gasteiger partial charge in [-0.3, -0.25) is 4.79 Å². The minimum atomic E-state index is -3.67. The second kappa shape index (κ2) is 8.69. The van der Waals surface area contributed by atoms with Crippen molar-refractivity contribution in [2.75, 3.05) is 38.3 Å². The van der Waals surface area contributed by atoms with E-state index in [1.165, 1.54) is 4.31 Å². The van der Waals surface area contributed by atoms with Gasteiger partial charge in [0.1, 0.15) is 0 Å². The maximum atomic E-state index is 13.2. The van der Waals surface area contributed by atoms with Crippen LogP contribution >= 0.6 is 0 Å². The van der Waals surface area contributed by atoms with Crippen molar-refractivity contribution in [2.45, 2.75) is 25.3 Å². The van der Waals surface area contributed by atoms with Gasteiger partial charge in [0.2, 0.25) is 10.0 Å². The van der Waals surface area contributed by atoms with Crippen LogP contribution in [0.4, 0.5) is 5.69 Å². The van der Waals surface area contributed by atoms with Gasteiger partial charge in [-0.2, -0.15) is 4.31 Å². The summed E-state index contributed by atoms with van der Waals surface area (Å²) >= 11 is 0. The molecule has 2 aliphatic rings. The normalized spacial score (nSPS) is 18.4. The number of nitrogens with zero attached hydrogens (tertiary/aromatic N) is 3. The lowest BCUT2D eigenvalue weighted by Gasteiger charge is -2.26. The number of rotatable bonds is 5. The molecule has 0 atom stereocenters. The summed E-state index contributed by atoms with van der Waals surface area (Å²) in [6, 6.07) is 13.1. The van der Waals surface area contributed by atoms with Crippen LogP contribution in [0.5, 0.6) is 0 Å². The molecular weight excluding hydrogens is 450 g/mol. The third-order valence-corrected chi connectivity index (χ3v) is 8.34. The molecule has 0 spiro atoms.